The summed E-state index contributed by atoms with van der Waals surface area (Å²) in [6.07, 6.45) is 11.6. The van der Waals surface area contributed by atoms with Crippen molar-refractivity contribution in [2.45, 2.75) is 51.0 Å². The van der Waals surface area contributed by atoms with E-state index in [0.717, 1.165) is 18.4 Å². The van der Waals surface area contributed by atoms with E-state index in [9.17, 15) is 4.79 Å². The average molecular weight is 312 g/mol. The highest BCUT2D eigenvalue weighted by Crippen LogP contribution is 2.26. The lowest BCUT2D eigenvalue weighted by atomic mass is 9.85. The fourth-order valence-corrected chi connectivity index (χ4v) is 2.90. The van der Waals surface area contributed by atoms with E-state index in [0.29, 0.717) is 12.5 Å². The maximum Gasteiger partial charge on any atom is 0.236 e. The van der Waals surface area contributed by atoms with Gasteiger partial charge in [-0.05, 0) is 30.4 Å². The lowest BCUT2D eigenvalue weighted by Crippen LogP contribution is -2.42. The summed E-state index contributed by atoms with van der Waals surface area (Å²) in [6, 6.07) is 3.57. The van der Waals surface area contributed by atoms with Crippen LogP contribution in [0, 0.1) is 5.92 Å². The molecule has 2 rings (SSSR count). The van der Waals surface area contributed by atoms with Crippen molar-refractivity contribution in [1.29, 1.82) is 0 Å². The molecule has 118 valence electrons. The van der Waals surface area contributed by atoms with Gasteiger partial charge in [0.15, 0.2) is 0 Å². The zero-order valence-corrected chi connectivity index (χ0v) is 13.3. The van der Waals surface area contributed by atoms with Crippen molar-refractivity contribution in [3.8, 4) is 0 Å². The van der Waals surface area contributed by atoms with Crippen LogP contribution in [0.25, 0.3) is 0 Å². The molecule has 1 atom stereocenters. The van der Waals surface area contributed by atoms with Crippen LogP contribution >= 0.6 is 12.4 Å². The van der Waals surface area contributed by atoms with Crippen molar-refractivity contribution < 1.29 is 4.79 Å². The van der Waals surface area contributed by atoms with Crippen LogP contribution in [0.1, 0.15) is 44.1 Å². The van der Waals surface area contributed by atoms with Crippen molar-refractivity contribution in [2.24, 2.45) is 11.7 Å². The first-order valence-corrected chi connectivity index (χ1v) is 7.68. The van der Waals surface area contributed by atoms with E-state index in [2.05, 4.69) is 10.3 Å². The number of carbonyl (C=O) groups is 1. The molecule has 0 bridgehead atoms. The summed E-state index contributed by atoms with van der Waals surface area (Å²) < 4.78 is 0. The molecule has 1 amide bonds. The highest BCUT2D eigenvalue weighted by atomic mass is 35.5. The third-order valence-electron chi connectivity index (χ3n) is 4.08. The van der Waals surface area contributed by atoms with Gasteiger partial charge in [0.05, 0.1) is 6.04 Å². The van der Waals surface area contributed by atoms with Gasteiger partial charge in [-0.3, -0.25) is 9.78 Å². The molecule has 1 aromatic rings. The van der Waals surface area contributed by atoms with Gasteiger partial charge in [0.1, 0.15) is 0 Å². The first-order valence-electron chi connectivity index (χ1n) is 7.68. The number of halogens is 1. The zero-order chi connectivity index (χ0) is 14.2. The Morgan fingerprint density at radius 2 is 2.14 bits per heavy atom. The van der Waals surface area contributed by atoms with Gasteiger partial charge in [-0.25, -0.2) is 0 Å². The highest BCUT2D eigenvalue weighted by Gasteiger charge is 2.20. The van der Waals surface area contributed by atoms with E-state index in [-0.39, 0.29) is 24.4 Å². The molecule has 0 radical (unpaired) electrons. The number of carbonyl (C=O) groups excluding carboxylic acids is 1. The van der Waals surface area contributed by atoms with Crippen molar-refractivity contribution in [3.05, 3.63) is 30.1 Å². The molecule has 0 aliphatic heterocycles. The molecule has 21 heavy (non-hydrogen) atoms. The highest BCUT2D eigenvalue weighted by molar-refractivity contribution is 5.85. The van der Waals surface area contributed by atoms with E-state index in [1.165, 1.54) is 32.1 Å². The summed E-state index contributed by atoms with van der Waals surface area (Å²) in [7, 11) is 0. The van der Waals surface area contributed by atoms with E-state index in [1.54, 1.807) is 6.20 Å². The summed E-state index contributed by atoms with van der Waals surface area (Å²) in [5, 5.41) is 2.93. The van der Waals surface area contributed by atoms with Gasteiger partial charge < -0.3 is 11.1 Å². The molecule has 1 aliphatic rings. The molecule has 1 heterocycles. The minimum absolute atomic E-state index is 0. The molecule has 4 nitrogen and oxygen atoms in total. The number of nitrogens with zero attached hydrogens (tertiary/aromatic N) is 1. The number of nitrogens with two attached hydrogens (primary N) is 1. The number of rotatable bonds is 6. The Kier molecular flexibility index (Phi) is 8.31. The number of pyridine rings is 1. The monoisotopic (exact) mass is 311 g/mol. The second kappa shape index (κ2) is 9.74. The van der Waals surface area contributed by atoms with Crippen LogP contribution in [0.2, 0.25) is 0 Å². The topological polar surface area (TPSA) is 68.0 Å². The molecule has 0 aromatic carbocycles. The number of nitrogens with one attached hydrogen (secondary N) is 1. The summed E-state index contributed by atoms with van der Waals surface area (Å²) >= 11 is 0. The molecule has 1 fully saturated rings. The number of aromatic nitrogens is 1. The van der Waals surface area contributed by atoms with Crippen LogP contribution in [0.3, 0.4) is 0 Å². The molecule has 0 spiro atoms. The van der Waals surface area contributed by atoms with Crippen LogP contribution in [-0.2, 0) is 11.2 Å². The molecule has 5 heteroatoms. The van der Waals surface area contributed by atoms with Gasteiger partial charge in [0, 0.05) is 18.9 Å². The predicted octanol–water partition coefficient (Wildman–Crippen LogP) is 2.46. The molecular formula is C16H26ClN3O. The normalized spacial score (nSPS) is 16.8. The smallest absolute Gasteiger partial charge is 0.236 e. The van der Waals surface area contributed by atoms with E-state index < -0.39 is 0 Å². The first kappa shape index (κ1) is 17.9. The Morgan fingerprint density at radius 1 is 1.38 bits per heavy atom. The van der Waals surface area contributed by atoms with Gasteiger partial charge in [0.2, 0.25) is 5.91 Å². The standard InChI is InChI=1S/C16H25N3O.ClH/c17-15(11-13-5-2-1-3-6-13)16(20)19-10-8-14-7-4-9-18-12-14;/h4,7,9,12-13,15H,1-3,5-6,8,10-11,17H2,(H,19,20);1H. The quantitative estimate of drug-likeness (QED) is 0.848. The molecule has 3 N–H and O–H groups in total. The lowest BCUT2D eigenvalue weighted by molar-refractivity contribution is -0.122. The molecule has 1 unspecified atom stereocenters. The fraction of sp³-hybridized carbons (Fsp3) is 0.625. The molecular weight excluding hydrogens is 286 g/mol. The van der Waals surface area contributed by atoms with Crippen LogP contribution in [-0.4, -0.2) is 23.5 Å². The minimum Gasteiger partial charge on any atom is -0.354 e. The van der Waals surface area contributed by atoms with E-state index >= 15 is 0 Å². The Bertz CT molecular complexity index is 407. The van der Waals surface area contributed by atoms with E-state index in [4.69, 9.17) is 5.73 Å². The second-order valence-corrected chi connectivity index (χ2v) is 5.75. The van der Waals surface area contributed by atoms with Crippen LogP contribution in [0.5, 0.6) is 0 Å². The first-order chi connectivity index (χ1) is 9.75. The lowest BCUT2D eigenvalue weighted by Gasteiger charge is -2.24. The molecule has 0 saturated heterocycles. The summed E-state index contributed by atoms with van der Waals surface area (Å²) in [4.78, 5) is 16.0. The number of hydrogen-bond acceptors (Lipinski definition) is 3. The predicted molar refractivity (Wildman–Crippen MR) is 87.4 cm³/mol. The Balaban J connectivity index is 0.00000220. The molecule has 1 saturated carbocycles. The third-order valence-corrected chi connectivity index (χ3v) is 4.08. The van der Waals surface area contributed by atoms with Crippen molar-refractivity contribution >= 4 is 18.3 Å². The van der Waals surface area contributed by atoms with Crippen LogP contribution in [0.4, 0.5) is 0 Å². The van der Waals surface area contributed by atoms with Crippen LogP contribution in [0.15, 0.2) is 24.5 Å². The second-order valence-electron chi connectivity index (χ2n) is 5.75. The van der Waals surface area contributed by atoms with Gasteiger partial charge in [-0.15, -0.1) is 12.4 Å². The van der Waals surface area contributed by atoms with Crippen molar-refractivity contribution in [1.82, 2.24) is 10.3 Å². The van der Waals surface area contributed by atoms with Gasteiger partial charge in [-0.1, -0.05) is 38.2 Å². The SMILES string of the molecule is Cl.NC(CC1CCCCC1)C(=O)NCCc1cccnc1. The number of hydrogen-bond donors (Lipinski definition) is 2. The minimum atomic E-state index is -0.355. The summed E-state index contributed by atoms with van der Waals surface area (Å²) in [5.41, 5.74) is 7.14. The third kappa shape index (κ3) is 6.44. The van der Waals surface area contributed by atoms with Gasteiger partial charge >= 0.3 is 0 Å². The Morgan fingerprint density at radius 3 is 2.81 bits per heavy atom. The maximum atomic E-state index is 12.0. The fourth-order valence-electron chi connectivity index (χ4n) is 2.90. The molecule has 1 aromatic heterocycles. The Hall–Kier alpha value is -1.13. The Labute approximate surface area is 133 Å². The van der Waals surface area contributed by atoms with Crippen LogP contribution < -0.4 is 11.1 Å². The zero-order valence-electron chi connectivity index (χ0n) is 12.5. The van der Waals surface area contributed by atoms with Gasteiger partial charge in [-0.2, -0.15) is 0 Å². The summed E-state index contributed by atoms with van der Waals surface area (Å²) in [6.45, 7) is 0.628. The van der Waals surface area contributed by atoms with Crippen molar-refractivity contribution in [3.63, 3.8) is 0 Å². The van der Waals surface area contributed by atoms with Crippen molar-refractivity contribution in [2.75, 3.05) is 6.54 Å². The molecule has 1 aliphatic carbocycles. The van der Waals surface area contributed by atoms with Gasteiger partial charge in [0.25, 0.3) is 0 Å². The summed E-state index contributed by atoms with van der Waals surface area (Å²) in [5.74, 6) is 0.627. The number of amides is 1. The maximum absolute atomic E-state index is 12.0. The largest absolute Gasteiger partial charge is 0.354 e. The van der Waals surface area contributed by atoms with E-state index in [1.807, 2.05) is 18.3 Å². The average Bonchev–Trinajstić information content (AvgIpc) is 2.49.